The number of para-hydroxylation sites is 1. The number of benzene rings is 2. The van der Waals surface area contributed by atoms with Crippen LogP contribution in [0.5, 0.6) is 5.75 Å². The number of imidazole rings is 1. The predicted octanol–water partition coefficient (Wildman–Crippen LogP) is 6.05. The Labute approximate surface area is 217 Å². The normalized spacial score (nSPS) is 14.7. The van der Waals surface area contributed by atoms with E-state index in [1.165, 1.54) is 29.4 Å². The molecule has 1 saturated heterocycles. The Morgan fingerprint density at radius 2 is 1.74 bits per heavy atom. The molecular weight excluding hydrogens is 536 g/mol. The number of halogens is 6. The molecule has 1 fully saturated rings. The van der Waals surface area contributed by atoms with Crippen LogP contribution in [-0.2, 0) is 28.5 Å². The van der Waals surface area contributed by atoms with E-state index in [0.29, 0.717) is 17.5 Å². The van der Waals surface area contributed by atoms with E-state index >= 15 is 0 Å². The molecule has 1 aromatic heterocycles. The Morgan fingerprint density at radius 1 is 1.03 bits per heavy atom. The summed E-state index contributed by atoms with van der Waals surface area (Å²) < 4.78 is 95.6. The van der Waals surface area contributed by atoms with Gasteiger partial charge in [0, 0.05) is 30.3 Å². The highest BCUT2D eigenvalue weighted by Gasteiger charge is 2.46. The van der Waals surface area contributed by atoms with Gasteiger partial charge in [0.15, 0.2) is 0 Å². The number of hydrogen-bond donors (Lipinski definition) is 1. The van der Waals surface area contributed by atoms with Crippen LogP contribution in [0.2, 0.25) is 0 Å². The van der Waals surface area contributed by atoms with Crippen molar-refractivity contribution < 1.29 is 40.6 Å². The highest BCUT2D eigenvalue weighted by molar-refractivity contribution is 7.99. The molecule has 1 aliphatic rings. The second-order valence-corrected chi connectivity index (χ2v) is 9.15. The Bertz CT molecular complexity index is 1290. The first-order valence-corrected chi connectivity index (χ1v) is 12.1. The minimum Gasteiger partial charge on any atom is -0.486 e. The summed E-state index contributed by atoms with van der Waals surface area (Å²) in [6.07, 6.45) is -6.07. The van der Waals surface area contributed by atoms with E-state index in [0.717, 1.165) is 24.3 Å². The van der Waals surface area contributed by atoms with E-state index in [1.54, 1.807) is 12.3 Å². The molecule has 0 saturated carbocycles. The van der Waals surface area contributed by atoms with E-state index in [-0.39, 0.29) is 43.6 Å². The van der Waals surface area contributed by atoms with Crippen molar-refractivity contribution in [3.05, 3.63) is 77.4 Å². The summed E-state index contributed by atoms with van der Waals surface area (Å²) in [5.74, 6) is -0.432. The Balaban J connectivity index is 1.70. The molecule has 3 aromatic rings. The first-order valence-electron chi connectivity index (χ1n) is 11.3. The van der Waals surface area contributed by atoms with E-state index in [1.807, 2.05) is 0 Å². The number of carbonyl (C=O) groups is 1. The minimum atomic E-state index is -5.35. The fourth-order valence-electron chi connectivity index (χ4n) is 3.75. The zero-order valence-electron chi connectivity index (χ0n) is 19.6. The van der Waals surface area contributed by atoms with Gasteiger partial charge >= 0.3 is 12.4 Å². The molecule has 6 nitrogen and oxygen atoms in total. The van der Waals surface area contributed by atoms with Gasteiger partial charge in [-0.25, -0.2) is 4.98 Å². The van der Waals surface area contributed by atoms with Crippen LogP contribution in [0.15, 0.2) is 64.8 Å². The van der Waals surface area contributed by atoms with Gasteiger partial charge in [-0.1, -0.05) is 30.0 Å². The number of nitrogens with one attached hydrogen (secondary N) is 1. The van der Waals surface area contributed by atoms with E-state index in [9.17, 15) is 31.1 Å². The highest BCUT2D eigenvalue weighted by Crippen LogP contribution is 2.49. The van der Waals surface area contributed by atoms with Crippen molar-refractivity contribution in [2.75, 3.05) is 26.3 Å². The molecule has 1 amide bonds. The van der Waals surface area contributed by atoms with Crippen LogP contribution in [0.4, 0.5) is 26.3 Å². The van der Waals surface area contributed by atoms with Crippen molar-refractivity contribution in [2.45, 2.75) is 28.8 Å². The van der Waals surface area contributed by atoms with Crippen molar-refractivity contribution in [1.82, 2.24) is 14.9 Å². The zero-order valence-corrected chi connectivity index (χ0v) is 20.4. The van der Waals surface area contributed by atoms with Gasteiger partial charge in [0.1, 0.15) is 12.4 Å². The number of nitrogens with zero attached hydrogens (tertiary/aromatic N) is 2. The molecule has 0 unspecified atom stereocenters. The number of aromatic amines is 1. The van der Waals surface area contributed by atoms with Gasteiger partial charge in [0.25, 0.3) is 0 Å². The van der Waals surface area contributed by atoms with Crippen LogP contribution in [0.25, 0.3) is 6.08 Å². The second-order valence-electron chi connectivity index (χ2n) is 8.07. The van der Waals surface area contributed by atoms with Crippen molar-refractivity contribution in [3.63, 3.8) is 0 Å². The molecule has 0 radical (unpaired) electrons. The fourth-order valence-corrected chi connectivity index (χ4v) is 4.82. The van der Waals surface area contributed by atoms with Crippen LogP contribution < -0.4 is 4.74 Å². The maximum Gasteiger partial charge on any atom is 0.418 e. The van der Waals surface area contributed by atoms with Gasteiger partial charge < -0.3 is 19.4 Å². The zero-order chi connectivity index (χ0) is 27.3. The third-order valence-corrected chi connectivity index (χ3v) is 6.61. The summed E-state index contributed by atoms with van der Waals surface area (Å²) in [5, 5.41) is 0. The third kappa shape index (κ3) is 6.70. The average molecular weight is 558 g/mol. The number of H-pyrrole nitrogens is 1. The smallest absolute Gasteiger partial charge is 0.418 e. The molecule has 1 aliphatic heterocycles. The number of aromatic nitrogens is 2. The largest absolute Gasteiger partial charge is 0.486 e. The number of carbonyl (C=O) groups excluding carboxylic acids is 1. The van der Waals surface area contributed by atoms with Crippen LogP contribution in [0.3, 0.4) is 0 Å². The minimum absolute atomic E-state index is 0.00189. The fraction of sp³-hybridized carbons (Fsp3) is 0.280. The molecule has 0 bridgehead atoms. The summed E-state index contributed by atoms with van der Waals surface area (Å²) in [4.78, 5) is 20.0. The molecule has 0 atom stereocenters. The van der Waals surface area contributed by atoms with E-state index in [2.05, 4.69) is 9.97 Å². The summed E-state index contributed by atoms with van der Waals surface area (Å²) in [6, 6.07) is 7.97. The molecule has 38 heavy (non-hydrogen) atoms. The van der Waals surface area contributed by atoms with Gasteiger partial charge in [0.05, 0.1) is 41.3 Å². The SMILES string of the molecule is O=C(C=Cc1ccc(Sc2ccccc2OCc2c[nH]cn2)c(C(F)(F)F)c1C(F)(F)F)N1CCOCC1. The first-order chi connectivity index (χ1) is 18.0. The monoisotopic (exact) mass is 557 g/mol. The summed E-state index contributed by atoms with van der Waals surface area (Å²) in [6.45, 7) is 1.01. The molecule has 1 N–H and O–H groups in total. The lowest BCUT2D eigenvalue weighted by atomic mass is 9.99. The maximum absolute atomic E-state index is 14.2. The molecule has 13 heteroatoms. The van der Waals surface area contributed by atoms with Crippen LogP contribution >= 0.6 is 11.8 Å². The quantitative estimate of drug-likeness (QED) is 0.283. The van der Waals surface area contributed by atoms with Crippen molar-refractivity contribution in [1.29, 1.82) is 0 Å². The lowest BCUT2D eigenvalue weighted by Gasteiger charge is -2.25. The Morgan fingerprint density at radius 3 is 2.39 bits per heavy atom. The average Bonchev–Trinajstić information content (AvgIpc) is 3.40. The summed E-state index contributed by atoms with van der Waals surface area (Å²) in [5.41, 5.74) is -3.93. The third-order valence-electron chi connectivity index (χ3n) is 5.49. The van der Waals surface area contributed by atoms with Crippen LogP contribution in [0, 0.1) is 0 Å². The molecule has 202 valence electrons. The first kappa shape index (κ1) is 27.6. The van der Waals surface area contributed by atoms with Crippen LogP contribution in [0.1, 0.15) is 22.4 Å². The number of ether oxygens (including phenoxy) is 2. The molecule has 4 rings (SSSR count). The summed E-state index contributed by atoms with van der Waals surface area (Å²) >= 11 is 0.505. The lowest BCUT2D eigenvalue weighted by Crippen LogP contribution is -2.39. The highest BCUT2D eigenvalue weighted by atomic mass is 32.2. The van der Waals surface area contributed by atoms with Crippen molar-refractivity contribution >= 4 is 23.7 Å². The van der Waals surface area contributed by atoms with Gasteiger partial charge in [-0.15, -0.1) is 0 Å². The maximum atomic E-state index is 14.2. The number of rotatable bonds is 7. The van der Waals surface area contributed by atoms with Crippen molar-refractivity contribution in [2.24, 2.45) is 0 Å². The standard InChI is InChI=1S/C25H21F6N3O3S/c26-24(27,28)22-16(6-8-21(35)34-9-11-36-12-10-34)5-7-20(23(22)25(29,30)31)38-19-4-2-1-3-18(19)37-14-17-13-32-15-33-17/h1-8,13,15H,9-12,14H2,(H,32,33). The Kier molecular flexibility index (Phi) is 8.36. The summed E-state index contributed by atoms with van der Waals surface area (Å²) in [7, 11) is 0. The molecular formula is C25H21F6N3O3S. The number of hydrogen-bond acceptors (Lipinski definition) is 5. The lowest BCUT2D eigenvalue weighted by molar-refractivity contribution is -0.163. The van der Waals surface area contributed by atoms with Gasteiger partial charge in [0.2, 0.25) is 5.91 Å². The Hall–Kier alpha value is -3.45. The van der Waals surface area contributed by atoms with Crippen LogP contribution in [-0.4, -0.2) is 47.1 Å². The molecule has 2 aromatic carbocycles. The van der Waals surface area contributed by atoms with E-state index in [4.69, 9.17) is 9.47 Å². The van der Waals surface area contributed by atoms with Crippen molar-refractivity contribution in [3.8, 4) is 5.75 Å². The van der Waals surface area contributed by atoms with Gasteiger partial charge in [-0.2, -0.15) is 26.3 Å². The molecule has 0 aliphatic carbocycles. The van der Waals surface area contributed by atoms with Gasteiger partial charge in [-0.05, 0) is 29.8 Å². The topological polar surface area (TPSA) is 67.5 Å². The van der Waals surface area contributed by atoms with E-state index < -0.39 is 39.8 Å². The predicted molar refractivity (Wildman–Crippen MR) is 126 cm³/mol. The second kappa shape index (κ2) is 11.5. The number of amides is 1. The molecule has 0 spiro atoms. The molecule has 2 heterocycles. The number of alkyl halides is 6. The van der Waals surface area contributed by atoms with Gasteiger partial charge in [-0.3, -0.25) is 4.79 Å². The number of morpholine rings is 1.